The van der Waals surface area contributed by atoms with Crippen LogP contribution in [0.3, 0.4) is 0 Å². The third-order valence-corrected chi connectivity index (χ3v) is 2.25. The molecule has 0 aliphatic carbocycles. The lowest BCUT2D eigenvalue weighted by molar-refractivity contribution is 0.195. The van der Waals surface area contributed by atoms with Crippen LogP contribution in [-0.4, -0.2) is 51.8 Å². The number of ether oxygens (including phenoxy) is 1. The van der Waals surface area contributed by atoms with Crippen molar-refractivity contribution in [2.24, 2.45) is 4.99 Å². The first kappa shape index (κ1) is 17.7. The van der Waals surface area contributed by atoms with E-state index in [1.807, 2.05) is 11.8 Å². The Morgan fingerprint density at radius 2 is 2.00 bits per heavy atom. The summed E-state index contributed by atoms with van der Waals surface area (Å²) in [4.78, 5) is 4.10. The molecular formula is C9H22IN3OS. The Labute approximate surface area is 114 Å². The van der Waals surface area contributed by atoms with Gasteiger partial charge in [-0.2, -0.15) is 11.8 Å². The summed E-state index contributed by atoms with van der Waals surface area (Å²) in [6.07, 6.45) is 3.09. The van der Waals surface area contributed by atoms with E-state index in [0.29, 0.717) is 0 Å². The van der Waals surface area contributed by atoms with Gasteiger partial charge in [0.25, 0.3) is 0 Å². The summed E-state index contributed by atoms with van der Waals surface area (Å²) in [5.41, 5.74) is 0. The average Bonchev–Trinajstić information content (AvgIpc) is 2.22. The molecule has 2 N–H and O–H groups in total. The summed E-state index contributed by atoms with van der Waals surface area (Å²) < 4.78 is 4.95. The van der Waals surface area contributed by atoms with E-state index in [0.717, 1.165) is 37.8 Å². The molecule has 0 bridgehead atoms. The van der Waals surface area contributed by atoms with Crippen molar-refractivity contribution in [1.82, 2.24) is 10.6 Å². The first-order valence-corrected chi connectivity index (χ1v) is 6.17. The monoisotopic (exact) mass is 347 g/mol. The molecule has 0 saturated heterocycles. The number of methoxy groups -OCH3 is 1. The lowest BCUT2D eigenvalue weighted by Gasteiger charge is -2.10. The molecule has 0 atom stereocenters. The number of halogens is 1. The van der Waals surface area contributed by atoms with E-state index in [4.69, 9.17) is 4.74 Å². The summed E-state index contributed by atoms with van der Waals surface area (Å²) in [6.45, 7) is 2.63. The van der Waals surface area contributed by atoms with Crippen LogP contribution in [0.4, 0.5) is 0 Å². The topological polar surface area (TPSA) is 45.7 Å². The van der Waals surface area contributed by atoms with Gasteiger partial charge in [0.2, 0.25) is 0 Å². The van der Waals surface area contributed by atoms with E-state index < -0.39 is 0 Å². The van der Waals surface area contributed by atoms with Crippen LogP contribution in [0, 0.1) is 0 Å². The zero-order valence-electron chi connectivity index (χ0n) is 9.71. The Balaban J connectivity index is 0. The summed E-state index contributed by atoms with van der Waals surface area (Å²) in [5.74, 6) is 1.97. The third-order valence-electron chi connectivity index (χ3n) is 1.64. The first-order chi connectivity index (χ1) is 6.85. The van der Waals surface area contributed by atoms with Crippen molar-refractivity contribution >= 4 is 41.7 Å². The highest BCUT2D eigenvalue weighted by molar-refractivity contribution is 14.0. The number of aliphatic imine (C=N–C) groups is 1. The van der Waals surface area contributed by atoms with Gasteiger partial charge < -0.3 is 15.4 Å². The molecule has 0 unspecified atom stereocenters. The van der Waals surface area contributed by atoms with Gasteiger partial charge in [-0.3, -0.25) is 4.99 Å². The lowest BCUT2D eigenvalue weighted by Crippen LogP contribution is -2.39. The molecule has 0 rings (SSSR count). The van der Waals surface area contributed by atoms with Crippen molar-refractivity contribution in [1.29, 1.82) is 0 Å². The molecule has 4 nitrogen and oxygen atoms in total. The van der Waals surface area contributed by atoms with Crippen LogP contribution in [0.5, 0.6) is 0 Å². The van der Waals surface area contributed by atoms with Gasteiger partial charge in [-0.25, -0.2) is 0 Å². The summed E-state index contributed by atoms with van der Waals surface area (Å²) in [7, 11) is 3.50. The van der Waals surface area contributed by atoms with E-state index in [9.17, 15) is 0 Å². The Morgan fingerprint density at radius 1 is 1.33 bits per heavy atom. The number of hydrogen-bond acceptors (Lipinski definition) is 3. The van der Waals surface area contributed by atoms with Crippen molar-refractivity contribution in [2.75, 3.05) is 45.9 Å². The van der Waals surface area contributed by atoms with Gasteiger partial charge in [0.15, 0.2) is 5.96 Å². The Bertz CT molecular complexity index is 158. The van der Waals surface area contributed by atoms with Crippen LogP contribution in [0.2, 0.25) is 0 Å². The Kier molecular flexibility index (Phi) is 16.9. The quantitative estimate of drug-likeness (QED) is 0.314. The predicted molar refractivity (Wildman–Crippen MR) is 79.7 cm³/mol. The molecule has 92 valence electrons. The Hall–Kier alpha value is 0.310. The number of thioether (sulfide) groups is 1. The molecule has 6 heteroatoms. The lowest BCUT2D eigenvalue weighted by atomic mass is 10.4. The maximum Gasteiger partial charge on any atom is 0.191 e. The van der Waals surface area contributed by atoms with Crippen molar-refractivity contribution in [3.05, 3.63) is 0 Å². The van der Waals surface area contributed by atoms with Crippen LogP contribution in [0.25, 0.3) is 0 Å². The van der Waals surface area contributed by atoms with E-state index in [1.165, 1.54) is 0 Å². The zero-order valence-corrected chi connectivity index (χ0v) is 12.9. The van der Waals surface area contributed by atoms with Gasteiger partial charge in [0.1, 0.15) is 0 Å². The maximum absolute atomic E-state index is 4.95. The highest BCUT2D eigenvalue weighted by Crippen LogP contribution is 1.86. The van der Waals surface area contributed by atoms with Crippen LogP contribution in [0.1, 0.15) is 6.42 Å². The van der Waals surface area contributed by atoms with Gasteiger partial charge in [-0.15, -0.1) is 24.0 Å². The van der Waals surface area contributed by atoms with E-state index >= 15 is 0 Å². The molecule has 0 amide bonds. The molecule has 0 spiro atoms. The van der Waals surface area contributed by atoms with E-state index in [2.05, 4.69) is 21.9 Å². The van der Waals surface area contributed by atoms with Crippen molar-refractivity contribution in [3.8, 4) is 0 Å². The third kappa shape index (κ3) is 12.2. The number of hydrogen-bond donors (Lipinski definition) is 2. The van der Waals surface area contributed by atoms with Gasteiger partial charge >= 0.3 is 0 Å². The first-order valence-electron chi connectivity index (χ1n) is 4.77. The number of guanidine groups is 1. The standard InChI is InChI=1S/C9H21N3OS.HI/c1-10-9(12-6-8-14-3)11-5-4-7-13-2;/h4-8H2,1-3H3,(H2,10,11,12);1H. The molecule has 0 heterocycles. The summed E-state index contributed by atoms with van der Waals surface area (Å²) in [6, 6.07) is 0. The Morgan fingerprint density at radius 3 is 2.53 bits per heavy atom. The largest absolute Gasteiger partial charge is 0.385 e. The minimum atomic E-state index is 0. The molecule has 15 heavy (non-hydrogen) atoms. The highest BCUT2D eigenvalue weighted by atomic mass is 127. The van der Waals surface area contributed by atoms with E-state index in [1.54, 1.807) is 14.2 Å². The molecule has 0 aromatic carbocycles. The highest BCUT2D eigenvalue weighted by Gasteiger charge is 1.94. The van der Waals surface area contributed by atoms with Gasteiger partial charge in [0, 0.05) is 39.6 Å². The van der Waals surface area contributed by atoms with Crippen molar-refractivity contribution in [3.63, 3.8) is 0 Å². The normalized spacial score (nSPS) is 10.7. The number of nitrogens with one attached hydrogen (secondary N) is 2. The second-order valence-electron chi connectivity index (χ2n) is 2.76. The minimum Gasteiger partial charge on any atom is -0.385 e. The molecular weight excluding hydrogens is 325 g/mol. The fourth-order valence-corrected chi connectivity index (χ4v) is 1.22. The van der Waals surface area contributed by atoms with Gasteiger partial charge in [-0.1, -0.05) is 0 Å². The fraction of sp³-hybridized carbons (Fsp3) is 0.889. The van der Waals surface area contributed by atoms with Gasteiger partial charge in [-0.05, 0) is 12.7 Å². The number of nitrogens with zero attached hydrogens (tertiary/aromatic N) is 1. The smallest absolute Gasteiger partial charge is 0.191 e. The summed E-state index contributed by atoms with van der Waals surface area (Å²) >= 11 is 1.82. The number of rotatable bonds is 7. The van der Waals surface area contributed by atoms with Crippen LogP contribution < -0.4 is 10.6 Å². The molecule has 0 aliphatic rings. The fourth-order valence-electron chi connectivity index (χ4n) is 0.915. The second kappa shape index (κ2) is 14.3. The van der Waals surface area contributed by atoms with Crippen molar-refractivity contribution in [2.45, 2.75) is 6.42 Å². The molecule has 0 aromatic heterocycles. The molecule has 0 aliphatic heterocycles. The van der Waals surface area contributed by atoms with Crippen LogP contribution >= 0.6 is 35.7 Å². The van der Waals surface area contributed by atoms with E-state index in [-0.39, 0.29) is 24.0 Å². The van der Waals surface area contributed by atoms with Crippen LogP contribution in [-0.2, 0) is 4.74 Å². The van der Waals surface area contributed by atoms with Crippen LogP contribution in [0.15, 0.2) is 4.99 Å². The molecule has 0 fully saturated rings. The zero-order chi connectivity index (χ0) is 10.6. The second-order valence-corrected chi connectivity index (χ2v) is 3.75. The SMILES string of the molecule is CN=C(NCCCOC)NCCSC.I. The summed E-state index contributed by atoms with van der Waals surface area (Å²) in [5, 5.41) is 6.44. The molecule has 0 radical (unpaired) electrons. The van der Waals surface area contributed by atoms with Crippen molar-refractivity contribution < 1.29 is 4.74 Å². The predicted octanol–water partition coefficient (Wildman–Crippen LogP) is 1.17. The minimum absolute atomic E-state index is 0. The molecule has 0 aromatic rings. The molecule has 0 saturated carbocycles. The van der Waals surface area contributed by atoms with Gasteiger partial charge in [0.05, 0.1) is 0 Å². The maximum atomic E-state index is 4.95. The average molecular weight is 347 g/mol.